The minimum Gasteiger partial charge on any atom is -0.354 e. The van der Waals surface area contributed by atoms with Gasteiger partial charge in [0, 0.05) is 11.4 Å². The highest BCUT2D eigenvalue weighted by Crippen LogP contribution is 2.18. The van der Waals surface area contributed by atoms with E-state index in [0.717, 1.165) is 24.2 Å². The lowest BCUT2D eigenvalue weighted by Gasteiger charge is -2.14. The van der Waals surface area contributed by atoms with Crippen LogP contribution in [0, 0.1) is 6.92 Å². The number of rotatable bonds is 4. The quantitative estimate of drug-likeness (QED) is 0.833. The number of thioether (sulfide) groups is 1. The fraction of sp³-hybridized carbons (Fsp3) is 0.467. The smallest absolute Gasteiger partial charge is 0.242 e. The maximum absolute atomic E-state index is 11.9. The zero-order valence-corrected chi connectivity index (χ0v) is 12.5. The summed E-state index contributed by atoms with van der Waals surface area (Å²) >= 11 is 1.49. The minimum atomic E-state index is -0.372. The lowest BCUT2D eigenvalue weighted by Crippen LogP contribution is -2.46. The normalized spacial score (nSPS) is 19.1. The zero-order chi connectivity index (χ0) is 14.4. The number of carbonyl (C=O) groups excluding carboxylic acids is 2. The molecule has 2 N–H and O–H groups in total. The van der Waals surface area contributed by atoms with Crippen molar-refractivity contribution in [3.8, 4) is 0 Å². The van der Waals surface area contributed by atoms with Gasteiger partial charge in [-0.2, -0.15) is 0 Å². The van der Waals surface area contributed by atoms with Crippen LogP contribution in [0.4, 0.5) is 0 Å². The summed E-state index contributed by atoms with van der Waals surface area (Å²) in [6, 6.07) is 7.69. The van der Waals surface area contributed by atoms with E-state index in [-0.39, 0.29) is 17.9 Å². The van der Waals surface area contributed by atoms with Crippen molar-refractivity contribution in [2.24, 2.45) is 0 Å². The Kier molecular flexibility index (Phi) is 5.47. The van der Waals surface area contributed by atoms with E-state index in [9.17, 15) is 9.59 Å². The standard InChI is InChI=1S/C15H20N2O2S/c1-11-5-7-12(8-6-11)20-10-14(18)17-13-4-2-3-9-16-15(13)19/h5-8,13H,2-4,9-10H2,1H3,(H,16,19)(H,17,18)/t13-/m0/s1. The molecule has 0 unspecified atom stereocenters. The Hall–Kier alpha value is -1.49. The average Bonchev–Trinajstić information content (AvgIpc) is 2.64. The molecule has 1 fully saturated rings. The second-order valence-corrected chi connectivity index (χ2v) is 6.06. The number of hydrogen-bond donors (Lipinski definition) is 2. The number of amides is 2. The van der Waals surface area contributed by atoms with Crippen LogP contribution in [0.15, 0.2) is 29.2 Å². The van der Waals surface area contributed by atoms with Crippen molar-refractivity contribution in [2.75, 3.05) is 12.3 Å². The molecular formula is C15H20N2O2S. The molecule has 1 aromatic rings. The first-order chi connectivity index (χ1) is 9.65. The van der Waals surface area contributed by atoms with Crippen LogP contribution in [0.1, 0.15) is 24.8 Å². The maximum Gasteiger partial charge on any atom is 0.242 e. The van der Waals surface area contributed by atoms with Crippen molar-refractivity contribution in [2.45, 2.75) is 37.1 Å². The highest BCUT2D eigenvalue weighted by atomic mass is 32.2. The lowest BCUT2D eigenvalue weighted by atomic mass is 10.1. The van der Waals surface area contributed by atoms with Gasteiger partial charge in [-0.05, 0) is 38.3 Å². The monoisotopic (exact) mass is 292 g/mol. The van der Waals surface area contributed by atoms with Crippen molar-refractivity contribution in [3.63, 3.8) is 0 Å². The summed E-state index contributed by atoms with van der Waals surface area (Å²) in [6.07, 6.45) is 2.68. The topological polar surface area (TPSA) is 58.2 Å². The second kappa shape index (κ2) is 7.33. The van der Waals surface area contributed by atoms with E-state index in [1.807, 2.05) is 31.2 Å². The van der Waals surface area contributed by atoms with Gasteiger partial charge < -0.3 is 10.6 Å². The Labute approximate surface area is 123 Å². The number of hydrogen-bond acceptors (Lipinski definition) is 3. The van der Waals surface area contributed by atoms with Crippen molar-refractivity contribution in [1.82, 2.24) is 10.6 Å². The number of aryl methyl sites for hydroxylation is 1. The second-order valence-electron chi connectivity index (χ2n) is 5.01. The summed E-state index contributed by atoms with van der Waals surface area (Å²) in [7, 11) is 0. The van der Waals surface area contributed by atoms with Gasteiger partial charge in [0.15, 0.2) is 0 Å². The van der Waals surface area contributed by atoms with E-state index in [2.05, 4.69) is 10.6 Å². The van der Waals surface area contributed by atoms with Crippen LogP contribution >= 0.6 is 11.8 Å². The van der Waals surface area contributed by atoms with Crippen molar-refractivity contribution < 1.29 is 9.59 Å². The molecule has 1 heterocycles. The lowest BCUT2D eigenvalue weighted by molar-refractivity contribution is -0.127. The molecule has 2 rings (SSSR count). The predicted molar refractivity (Wildman–Crippen MR) is 80.7 cm³/mol. The summed E-state index contributed by atoms with van der Waals surface area (Å²) in [5, 5.41) is 5.64. The third-order valence-corrected chi connectivity index (χ3v) is 4.27. The summed E-state index contributed by atoms with van der Waals surface area (Å²) in [5.41, 5.74) is 1.20. The molecule has 0 bridgehead atoms. The first-order valence-electron chi connectivity index (χ1n) is 6.92. The molecular weight excluding hydrogens is 272 g/mol. The Balaban J connectivity index is 1.79. The summed E-state index contributed by atoms with van der Waals surface area (Å²) in [5.74, 6) is 0.196. The van der Waals surface area contributed by atoms with Gasteiger partial charge in [0.05, 0.1) is 5.75 Å². The molecule has 0 spiro atoms. The molecule has 1 atom stereocenters. The molecule has 1 saturated heterocycles. The molecule has 108 valence electrons. The summed E-state index contributed by atoms with van der Waals surface area (Å²) in [6.45, 7) is 2.75. The molecule has 5 heteroatoms. The highest BCUT2D eigenvalue weighted by Gasteiger charge is 2.22. The van der Waals surface area contributed by atoms with Gasteiger partial charge in [0.25, 0.3) is 0 Å². The third kappa shape index (κ3) is 4.56. The van der Waals surface area contributed by atoms with Crippen molar-refractivity contribution >= 4 is 23.6 Å². The molecule has 2 amide bonds. The molecule has 1 aliphatic rings. The van der Waals surface area contributed by atoms with E-state index < -0.39 is 0 Å². The first-order valence-corrected chi connectivity index (χ1v) is 7.90. The van der Waals surface area contributed by atoms with E-state index in [0.29, 0.717) is 12.3 Å². The van der Waals surface area contributed by atoms with Gasteiger partial charge in [-0.3, -0.25) is 9.59 Å². The predicted octanol–water partition coefficient (Wildman–Crippen LogP) is 1.87. The largest absolute Gasteiger partial charge is 0.354 e. The van der Waals surface area contributed by atoms with Crippen molar-refractivity contribution in [1.29, 1.82) is 0 Å². The highest BCUT2D eigenvalue weighted by molar-refractivity contribution is 8.00. The molecule has 4 nitrogen and oxygen atoms in total. The molecule has 1 aliphatic heterocycles. The van der Waals surface area contributed by atoms with Gasteiger partial charge in [0.1, 0.15) is 6.04 Å². The minimum absolute atomic E-state index is 0.0591. The van der Waals surface area contributed by atoms with E-state index >= 15 is 0 Å². The third-order valence-electron chi connectivity index (χ3n) is 3.26. The van der Waals surface area contributed by atoms with Crippen LogP contribution in [0.3, 0.4) is 0 Å². The SMILES string of the molecule is Cc1ccc(SCC(=O)N[C@H]2CCCCNC2=O)cc1. The van der Waals surface area contributed by atoms with Crippen LogP contribution in [-0.4, -0.2) is 30.2 Å². The molecule has 0 aromatic heterocycles. The van der Waals surface area contributed by atoms with Gasteiger partial charge in [0.2, 0.25) is 11.8 Å². The fourth-order valence-corrected chi connectivity index (χ4v) is 2.81. The van der Waals surface area contributed by atoms with Gasteiger partial charge in [-0.25, -0.2) is 0 Å². The Bertz CT molecular complexity index is 473. The van der Waals surface area contributed by atoms with Crippen LogP contribution in [-0.2, 0) is 9.59 Å². The Morgan fingerprint density at radius 2 is 2.10 bits per heavy atom. The average molecular weight is 292 g/mol. The van der Waals surface area contributed by atoms with Crippen molar-refractivity contribution in [3.05, 3.63) is 29.8 Å². The molecule has 20 heavy (non-hydrogen) atoms. The first kappa shape index (κ1) is 14.9. The van der Waals surface area contributed by atoms with E-state index in [1.165, 1.54) is 17.3 Å². The summed E-state index contributed by atoms with van der Waals surface area (Å²) in [4.78, 5) is 24.7. The number of benzene rings is 1. The fourth-order valence-electron chi connectivity index (χ4n) is 2.10. The molecule has 0 radical (unpaired) electrons. The van der Waals surface area contributed by atoms with Crippen LogP contribution in [0.5, 0.6) is 0 Å². The van der Waals surface area contributed by atoms with Gasteiger partial charge in [-0.1, -0.05) is 17.7 Å². The maximum atomic E-state index is 11.9. The van der Waals surface area contributed by atoms with Gasteiger partial charge in [-0.15, -0.1) is 11.8 Å². The van der Waals surface area contributed by atoms with E-state index in [1.54, 1.807) is 0 Å². The van der Waals surface area contributed by atoms with Crippen LogP contribution < -0.4 is 10.6 Å². The van der Waals surface area contributed by atoms with Crippen LogP contribution in [0.25, 0.3) is 0 Å². The van der Waals surface area contributed by atoms with Gasteiger partial charge >= 0.3 is 0 Å². The Morgan fingerprint density at radius 1 is 1.35 bits per heavy atom. The van der Waals surface area contributed by atoms with E-state index in [4.69, 9.17) is 0 Å². The molecule has 1 aromatic carbocycles. The Morgan fingerprint density at radius 3 is 2.85 bits per heavy atom. The number of carbonyl (C=O) groups is 2. The zero-order valence-electron chi connectivity index (χ0n) is 11.6. The number of nitrogens with one attached hydrogen (secondary N) is 2. The summed E-state index contributed by atoms with van der Waals surface area (Å²) < 4.78 is 0. The molecule has 0 aliphatic carbocycles. The van der Waals surface area contributed by atoms with Crippen LogP contribution in [0.2, 0.25) is 0 Å². The molecule has 0 saturated carbocycles.